The lowest BCUT2D eigenvalue weighted by molar-refractivity contribution is 0.477. The van der Waals surface area contributed by atoms with Crippen molar-refractivity contribution in [3.63, 3.8) is 0 Å². The van der Waals surface area contributed by atoms with E-state index < -0.39 is 0 Å². The zero-order chi connectivity index (χ0) is 26.8. The molecule has 6 nitrogen and oxygen atoms in total. The smallest absolute Gasteiger partial charge is 0.177 e. The summed E-state index contributed by atoms with van der Waals surface area (Å²) in [5.74, 6) is 1.62. The first kappa shape index (κ1) is 22.0. The summed E-state index contributed by atoms with van der Waals surface area (Å²) < 4.78 is 6.20. The van der Waals surface area contributed by atoms with Gasteiger partial charge in [-0.3, -0.25) is 0 Å². The summed E-state index contributed by atoms with van der Waals surface area (Å²) >= 11 is 0. The molecule has 40 heavy (non-hydrogen) atoms. The number of hydrogen-bond acceptors (Lipinski definition) is 6. The van der Waals surface area contributed by atoms with Gasteiger partial charge in [0, 0.05) is 22.2 Å². The molecule has 184 valence electrons. The third-order valence-electron chi connectivity index (χ3n) is 7.51. The van der Waals surface area contributed by atoms with Crippen LogP contribution in [0, 0.1) is 22.7 Å². The van der Waals surface area contributed by atoms with Crippen molar-refractivity contribution in [2.24, 2.45) is 0 Å². The van der Waals surface area contributed by atoms with Crippen molar-refractivity contribution in [3.8, 4) is 57.3 Å². The van der Waals surface area contributed by atoms with Gasteiger partial charge in [0.1, 0.15) is 12.1 Å². The van der Waals surface area contributed by atoms with Crippen LogP contribution in [0.15, 0.2) is 103 Å². The molecule has 0 spiro atoms. The molecule has 2 heterocycles. The molecule has 0 bridgehead atoms. The van der Waals surface area contributed by atoms with E-state index in [1.54, 1.807) is 0 Å². The van der Waals surface area contributed by atoms with Gasteiger partial charge >= 0.3 is 0 Å². The zero-order valence-electron chi connectivity index (χ0n) is 21.0. The molecule has 6 aromatic rings. The Hall–Kier alpha value is -5.98. The van der Waals surface area contributed by atoms with E-state index in [2.05, 4.69) is 63.4 Å². The van der Waals surface area contributed by atoms with E-state index in [-0.39, 0.29) is 11.4 Å². The molecule has 6 heteroatoms. The average Bonchev–Trinajstić information content (AvgIpc) is 3.33. The Kier molecular flexibility index (Phi) is 4.55. The molecule has 8 rings (SSSR count). The fourth-order valence-corrected chi connectivity index (χ4v) is 5.82. The Morgan fingerprint density at radius 2 is 1.20 bits per heavy atom. The van der Waals surface area contributed by atoms with Crippen molar-refractivity contribution in [1.82, 2.24) is 9.97 Å². The van der Waals surface area contributed by atoms with Crippen molar-refractivity contribution in [2.75, 3.05) is 4.90 Å². The lowest BCUT2D eigenvalue weighted by Crippen LogP contribution is -2.15. The third kappa shape index (κ3) is 3.02. The third-order valence-corrected chi connectivity index (χ3v) is 7.51. The highest BCUT2D eigenvalue weighted by molar-refractivity contribution is 6.17. The van der Waals surface area contributed by atoms with Crippen molar-refractivity contribution in [1.29, 1.82) is 10.5 Å². The molecule has 0 saturated heterocycles. The van der Waals surface area contributed by atoms with Gasteiger partial charge in [0.2, 0.25) is 0 Å². The maximum Gasteiger partial charge on any atom is 0.177 e. The predicted octanol–water partition coefficient (Wildman–Crippen LogP) is 8.26. The van der Waals surface area contributed by atoms with Crippen molar-refractivity contribution in [3.05, 3.63) is 115 Å². The van der Waals surface area contributed by atoms with Crippen LogP contribution in [0.2, 0.25) is 0 Å². The monoisotopic (exact) mass is 511 g/mol. The summed E-state index contributed by atoms with van der Waals surface area (Å²) in [4.78, 5) is 11.3. The number of hydrogen-bond donors (Lipinski definition) is 0. The number of para-hydroxylation sites is 4. The van der Waals surface area contributed by atoms with E-state index in [4.69, 9.17) is 4.74 Å². The molecular formula is C34H17N5O. The first-order valence-corrected chi connectivity index (χ1v) is 12.8. The summed E-state index contributed by atoms with van der Waals surface area (Å²) in [6.45, 7) is 0. The van der Waals surface area contributed by atoms with Gasteiger partial charge in [-0.1, -0.05) is 66.7 Å². The van der Waals surface area contributed by atoms with Gasteiger partial charge in [-0.05, 0) is 52.9 Å². The summed E-state index contributed by atoms with van der Waals surface area (Å²) in [6, 6.07) is 38.9. The fraction of sp³-hybridized carbons (Fsp3) is 0. The minimum atomic E-state index is 0.0463. The number of aromatic nitrogens is 2. The van der Waals surface area contributed by atoms with Gasteiger partial charge < -0.3 is 9.64 Å². The van der Waals surface area contributed by atoms with E-state index in [0.29, 0.717) is 11.4 Å². The van der Waals surface area contributed by atoms with Gasteiger partial charge in [0.05, 0.1) is 22.8 Å². The second-order valence-electron chi connectivity index (χ2n) is 9.65. The van der Waals surface area contributed by atoms with E-state index in [1.807, 2.05) is 66.7 Å². The first-order chi connectivity index (χ1) is 19.7. The molecule has 0 atom stereocenters. The Morgan fingerprint density at radius 1 is 0.600 bits per heavy atom. The lowest BCUT2D eigenvalue weighted by Gasteiger charge is -2.33. The van der Waals surface area contributed by atoms with Crippen LogP contribution in [0.4, 0.5) is 17.1 Å². The van der Waals surface area contributed by atoms with Crippen molar-refractivity contribution in [2.45, 2.75) is 0 Å². The van der Waals surface area contributed by atoms with Crippen molar-refractivity contribution < 1.29 is 4.74 Å². The van der Waals surface area contributed by atoms with Gasteiger partial charge in [0.15, 0.2) is 22.9 Å². The number of ether oxygens (including phenoxy) is 1. The molecule has 0 radical (unpaired) electrons. The van der Waals surface area contributed by atoms with Crippen LogP contribution in [0.3, 0.4) is 0 Å². The highest BCUT2D eigenvalue weighted by Crippen LogP contribution is 2.51. The highest BCUT2D eigenvalue weighted by Gasteiger charge is 2.28. The quantitative estimate of drug-likeness (QED) is 0.232. The molecule has 1 aliphatic carbocycles. The van der Waals surface area contributed by atoms with Crippen LogP contribution in [-0.2, 0) is 0 Å². The standard InChI is InChI=1S/C34H17N5O/c35-18-26-27(19-36)38-34-25-16-15-22(23-9-6-10-24(32(23)25)33(34)37-26)20-7-5-8-21(17-20)39-28-11-1-3-13-30(28)40-31-14-4-2-12-29(31)39/h1-17H. The topological polar surface area (TPSA) is 85.8 Å². The molecule has 1 aliphatic heterocycles. The second-order valence-corrected chi connectivity index (χ2v) is 9.65. The summed E-state index contributed by atoms with van der Waals surface area (Å²) in [5, 5.41) is 21.1. The zero-order valence-corrected chi connectivity index (χ0v) is 21.0. The van der Waals surface area contributed by atoms with Crippen LogP contribution in [0.25, 0.3) is 44.4 Å². The molecule has 0 amide bonds. The number of rotatable bonds is 2. The van der Waals surface area contributed by atoms with E-state index >= 15 is 0 Å². The SMILES string of the molecule is N#Cc1nc2c(nc1C#N)-c1ccc(-c3cccc(N4c5ccccc5Oc5ccccc54)c3)c3cccc-2c13. The summed E-state index contributed by atoms with van der Waals surface area (Å²) in [6.07, 6.45) is 0. The second kappa shape index (κ2) is 8.26. The highest BCUT2D eigenvalue weighted by atomic mass is 16.5. The average molecular weight is 512 g/mol. The number of nitriles is 2. The van der Waals surface area contributed by atoms with Crippen LogP contribution >= 0.6 is 0 Å². The predicted molar refractivity (Wildman–Crippen MR) is 154 cm³/mol. The minimum absolute atomic E-state index is 0.0463. The summed E-state index contributed by atoms with van der Waals surface area (Å²) in [5.41, 5.74) is 8.34. The molecular weight excluding hydrogens is 494 g/mol. The van der Waals surface area contributed by atoms with Crippen LogP contribution in [-0.4, -0.2) is 9.97 Å². The minimum Gasteiger partial charge on any atom is -0.453 e. The van der Waals surface area contributed by atoms with Crippen LogP contribution in [0.5, 0.6) is 11.5 Å². The Morgan fingerprint density at radius 3 is 1.88 bits per heavy atom. The van der Waals surface area contributed by atoms with E-state index in [9.17, 15) is 10.5 Å². The number of fused-ring (bicyclic) bond motifs is 5. The first-order valence-electron chi connectivity index (χ1n) is 12.8. The van der Waals surface area contributed by atoms with Gasteiger partial charge in [0.25, 0.3) is 0 Å². The van der Waals surface area contributed by atoms with Crippen molar-refractivity contribution >= 4 is 27.8 Å². The molecule has 5 aromatic carbocycles. The Balaban J connectivity index is 1.32. The van der Waals surface area contributed by atoms with Gasteiger partial charge in [-0.2, -0.15) is 10.5 Å². The fourth-order valence-electron chi connectivity index (χ4n) is 5.82. The van der Waals surface area contributed by atoms with Gasteiger partial charge in [-0.25, -0.2) is 9.97 Å². The van der Waals surface area contributed by atoms with Crippen LogP contribution in [0.1, 0.15) is 11.4 Å². The molecule has 0 saturated carbocycles. The Labute approximate surface area is 229 Å². The molecule has 0 N–H and O–H groups in total. The largest absolute Gasteiger partial charge is 0.453 e. The normalized spacial score (nSPS) is 12.1. The van der Waals surface area contributed by atoms with E-state index in [0.717, 1.165) is 61.6 Å². The summed E-state index contributed by atoms with van der Waals surface area (Å²) in [7, 11) is 0. The number of benzene rings is 5. The number of nitrogens with zero attached hydrogens (tertiary/aromatic N) is 5. The molecule has 0 unspecified atom stereocenters. The lowest BCUT2D eigenvalue weighted by atomic mass is 9.94. The molecule has 0 fully saturated rings. The van der Waals surface area contributed by atoms with Gasteiger partial charge in [-0.15, -0.1) is 0 Å². The molecule has 1 aromatic heterocycles. The maximum atomic E-state index is 9.53. The molecule has 2 aliphatic rings. The van der Waals surface area contributed by atoms with E-state index in [1.165, 1.54) is 0 Å². The Bertz CT molecular complexity index is 2040. The number of anilines is 3. The van der Waals surface area contributed by atoms with Crippen LogP contribution < -0.4 is 9.64 Å². The maximum absolute atomic E-state index is 9.53.